The second kappa shape index (κ2) is 13.8. The normalized spacial score (nSPS) is 18.6. The number of esters is 1. The summed E-state index contributed by atoms with van der Waals surface area (Å²) in [6.07, 6.45) is 19.6. The van der Waals surface area contributed by atoms with Crippen molar-refractivity contribution in [1.82, 2.24) is 0 Å². The van der Waals surface area contributed by atoms with E-state index < -0.39 is 0 Å². The lowest BCUT2D eigenvalue weighted by atomic mass is 10.0. The van der Waals surface area contributed by atoms with Gasteiger partial charge in [-0.15, -0.1) is 0 Å². The highest BCUT2D eigenvalue weighted by atomic mass is 16.6. The summed E-state index contributed by atoms with van der Waals surface area (Å²) in [6, 6.07) is 3.61. The molecule has 0 aromatic carbocycles. The van der Waals surface area contributed by atoms with Crippen LogP contribution in [0.1, 0.15) is 103 Å². The van der Waals surface area contributed by atoms with Crippen LogP contribution in [-0.4, -0.2) is 18.2 Å². The Balaban J connectivity index is 1.31. The molecule has 0 N–H and O–H groups in total. The van der Waals surface area contributed by atoms with Crippen LogP contribution in [0.3, 0.4) is 0 Å². The first-order chi connectivity index (χ1) is 13.3. The molecule has 0 bridgehead atoms. The predicted molar refractivity (Wildman–Crippen MR) is 107 cm³/mol. The molecule has 1 aliphatic heterocycles. The molecule has 154 valence electrons. The zero-order valence-electron chi connectivity index (χ0n) is 17.1. The number of ether oxygens (including phenoxy) is 2. The number of unbranched alkanes of at least 4 members (excludes halogenated alkanes) is 9. The fraction of sp³-hybridized carbons (Fsp3) is 0.783. The van der Waals surface area contributed by atoms with Gasteiger partial charge in [-0.1, -0.05) is 71.1 Å². The maximum atomic E-state index is 11.6. The standard InChI is InChI=1S/C23H38O4/c1-2-3-4-5-7-10-15-21-22(27-21)16-11-8-6-9-12-17-23(24)26-19-20-14-13-18-25-20/h13-14,18,21-22H,2-12,15-17,19H2,1H3. The molecule has 4 heteroatoms. The van der Waals surface area contributed by atoms with Crippen molar-refractivity contribution in [2.24, 2.45) is 0 Å². The van der Waals surface area contributed by atoms with E-state index in [9.17, 15) is 4.79 Å². The minimum Gasteiger partial charge on any atom is -0.466 e. The SMILES string of the molecule is CCCCCCCCC1OC1CCCCCCCC(=O)OCc1ccco1. The Morgan fingerprint density at radius 1 is 0.926 bits per heavy atom. The van der Waals surface area contributed by atoms with E-state index in [-0.39, 0.29) is 12.6 Å². The van der Waals surface area contributed by atoms with Crippen molar-refractivity contribution in [2.75, 3.05) is 0 Å². The van der Waals surface area contributed by atoms with Gasteiger partial charge in [0.05, 0.1) is 18.5 Å². The number of hydrogen-bond acceptors (Lipinski definition) is 4. The second-order valence-corrected chi connectivity index (χ2v) is 7.82. The van der Waals surface area contributed by atoms with Crippen molar-refractivity contribution in [1.29, 1.82) is 0 Å². The molecule has 4 nitrogen and oxygen atoms in total. The molecule has 27 heavy (non-hydrogen) atoms. The summed E-state index contributed by atoms with van der Waals surface area (Å²) in [5.41, 5.74) is 0. The summed E-state index contributed by atoms with van der Waals surface area (Å²) in [6.45, 7) is 2.51. The summed E-state index contributed by atoms with van der Waals surface area (Å²) >= 11 is 0. The molecule has 0 spiro atoms. The van der Waals surface area contributed by atoms with Crippen LogP contribution in [0.4, 0.5) is 0 Å². The van der Waals surface area contributed by atoms with Crippen molar-refractivity contribution in [3.05, 3.63) is 24.2 Å². The van der Waals surface area contributed by atoms with Crippen LogP contribution in [0, 0.1) is 0 Å². The Morgan fingerprint density at radius 2 is 1.56 bits per heavy atom. The lowest BCUT2D eigenvalue weighted by Crippen LogP contribution is -2.03. The number of epoxide rings is 1. The van der Waals surface area contributed by atoms with Crippen LogP contribution in [0.5, 0.6) is 0 Å². The molecule has 0 saturated carbocycles. The maximum absolute atomic E-state index is 11.6. The number of carbonyl (C=O) groups is 1. The third kappa shape index (κ3) is 10.6. The van der Waals surface area contributed by atoms with Gasteiger partial charge < -0.3 is 13.9 Å². The number of carbonyl (C=O) groups excluding carboxylic acids is 1. The molecule has 2 heterocycles. The Bertz CT molecular complexity index is 483. The summed E-state index contributed by atoms with van der Waals surface area (Å²) in [4.78, 5) is 11.6. The highest BCUT2D eigenvalue weighted by molar-refractivity contribution is 5.69. The van der Waals surface area contributed by atoms with Crippen molar-refractivity contribution >= 4 is 5.97 Å². The molecule has 2 unspecified atom stereocenters. The van der Waals surface area contributed by atoms with Gasteiger partial charge in [-0.3, -0.25) is 4.79 Å². The average molecular weight is 379 g/mol. The lowest BCUT2D eigenvalue weighted by molar-refractivity contribution is -0.145. The summed E-state index contributed by atoms with van der Waals surface area (Å²) in [5.74, 6) is 0.566. The number of hydrogen-bond donors (Lipinski definition) is 0. The fourth-order valence-corrected chi connectivity index (χ4v) is 3.58. The summed E-state index contributed by atoms with van der Waals surface area (Å²) < 4.78 is 16.1. The Labute approximate surface area is 165 Å². The van der Waals surface area contributed by atoms with Gasteiger partial charge in [-0.05, 0) is 31.4 Å². The lowest BCUT2D eigenvalue weighted by Gasteiger charge is -2.03. The zero-order chi connectivity index (χ0) is 19.2. The zero-order valence-corrected chi connectivity index (χ0v) is 17.1. The van der Waals surface area contributed by atoms with Gasteiger partial charge in [0.15, 0.2) is 0 Å². The first-order valence-corrected chi connectivity index (χ1v) is 11.1. The quantitative estimate of drug-likeness (QED) is 0.175. The molecule has 0 aliphatic carbocycles. The van der Waals surface area contributed by atoms with Crippen molar-refractivity contribution in [2.45, 2.75) is 116 Å². The van der Waals surface area contributed by atoms with Gasteiger partial charge in [0.2, 0.25) is 0 Å². The van der Waals surface area contributed by atoms with Crippen molar-refractivity contribution < 1.29 is 18.7 Å². The first-order valence-electron chi connectivity index (χ1n) is 11.1. The van der Waals surface area contributed by atoms with Crippen LogP contribution in [0.15, 0.2) is 22.8 Å². The van der Waals surface area contributed by atoms with E-state index in [1.807, 2.05) is 6.07 Å². The highest BCUT2D eigenvalue weighted by Gasteiger charge is 2.36. The molecular weight excluding hydrogens is 340 g/mol. The molecule has 2 rings (SSSR count). The minimum atomic E-state index is -0.129. The molecule has 1 saturated heterocycles. The maximum Gasteiger partial charge on any atom is 0.306 e. The monoisotopic (exact) mass is 378 g/mol. The van der Waals surface area contributed by atoms with Gasteiger partial charge >= 0.3 is 5.97 Å². The first kappa shape index (κ1) is 22.0. The smallest absolute Gasteiger partial charge is 0.306 e. The Morgan fingerprint density at radius 3 is 2.19 bits per heavy atom. The third-order valence-electron chi connectivity index (χ3n) is 5.35. The van der Waals surface area contributed by atoms with E-state index in [2.05, 4.69) is 6.92 Å². The van der Waals surface area contributed by atoms with Crippen LogP contribution in [-0.2, 0) is 20.9 Å². The fourth-order valence-electron chi connectivity index (χ4n) is 3.58. The van der Waals surface area contributed by atoms with Gasteiger partial charge in [0.25, 0.3) is 0 Å². The van der Waals surface area contributed by atoms with Crippen LogP contribution < -0.4 is 0 Å². The van der Waals surface area contributed by atoms with Crippen molar-refractivity contribution in [3.63, 3.8) is 0 Å². The molecule has 1 fully saturated rings. The van der Waals surface area contributed by atoms with Crippen LogP contribution >= 0.6 is 0 Å². The van der Waals surface area contributed by atoms with Crippen LogP contribution in [0.25, 0.3) is 0 Å². The van der Waals surface area contributed by atoms with Gasteiger partial charge in [-0.2, -0.15) is 0 Å². The molecule has 1 aliphatic rings. The third-order valence-corrected chi connectivity index (χ3v) is 5.35. The van der Waals surface area contributed by atoms with Gasteiger partial charge in [0.1, 0.15) is 12.4 Å². The van der Waals surface area contributed by atoms with E-state index in [1.54, 1.807) is 12.3 Å². The molecule has 1 aromatic rings. The largest absolute Gasteiger partial charge is 0.466 e. The number of rotatable bonds is 17. The van der Waals surface area contributed by atoms with Gasteiger partial charge in [-0.25, -0.2) is 0 Å². The Hall–Kier alpha value is -1.29. The molecular formula is C23H38O4. The second-order valence-electron chi connectivity index (χ2n) is 7.82. The van der Waals surface area contributed by atoms with E-state index in [0.717, 1.165) is 12.8 Å². The molecule has 1 aromatic heterocycles. The Kier molecular flexibility index (Phi) is 11.3. The molecule has 0 radical (unpaired) electrons. The summed E-state index contributed by atoms with van der Waals surface area (Å²) in [7, 11) is 0. The van der Waals surface area contributed by atoms with E-state index in [1.165, 1.54) is 70.6 Å². The molecule has 2 atom stereocenters. The average Bonchev–Trinajstić information content (AvgIpc) is 3.20. The van der Waals surface area contributed by atoms with Gasteiger partial charge in [0, 0.05) is 6.42 Å². The van der Waals surface area contributed by atoms with E-state index in [4.69, 9.17) is 13.9 Å². The predicted octanol–water partition coefficient (Wildman–Crippen LogP) is 6.57. The van der Waals surface area contributed by atoms with Crippen LogP contribution in [0.2, 0.25) is 0 Å². The highest BCUT2D eigenvalue weighted by Crippen LogP contribution is 2.31. The topological polar surface area (TPSA) is 52.0 Å². The van der Waals surface area contributed by atoms with E-state index >= 15 is 0 Å². The summed E-state index contributed by atoms with van der Waals surface area (Å²) in [5, 5.41) is 0. The van der Waals surface area contributed by atoms with E-state index in [0.29, 0.717) is 24.4 Å². The molecule has 0 amide bonds. The number of furan rings is 1. The van der Waals surface area contributed by atoms with Crippen molar-refractivity contribution in [3.8, 4) is 0 Å². The minimum absolute atomic E-state index is 0.129.